The zero-order chi connectivity index (χ0) is 20.8. The van der Waals surface area contributed by atoms with Crippen molar-refractivity contribution in [1.82, 2.24) is 29.9 Å². The van der Waals surface area contributed by atoms with Crippen LogP contribution >= 0.6 is 11.3 Å². The molecule has 1 aromatic carbocycles. The molecule has 5 aromatic rings. The van der Waals surface area contributed by atoms with Crippen molar-refractivity contribution < 1.29 is 0 Å². The first-order chi connectivity index (χ1) is 14.5. The number of benzene rings is 1. The minimum atomic E-state index is 0.675. The summed E-state index contributed by atoms with van der Waals surface area (Å²) in [6.45, 7) is 6.80. The summed E-state index contributed by atoms with van der Waals surface area (Å²) in [5.74, 6) is 0.826. The molecule has 0 spiro atoms. The largest absolute Gasteiger partial charge is 0.365 e. The van der Waals surface area contributed by atoms with Gasteiger partial charge in [-0.2, -0.15) is 10.2 Å². The minimum absolute atomic E-state index is 0.675. The Labute approximate surface area is 177 Å². The number of fused-ring (bicyclic) bond motifs is 3. The molecule has 0 fully saturated rings. The van der Waals surface area contributed by atoms with Gasteiger partial charge in [0.1, 0.15) is 17.0 Å². The second-order valence-corrected chi connectivity index (χ2v) is 8.44. The number of thiophene rings is 1. The molecule has 0 saturated carbocycles. The van der Waals surface area contributed by atoms with Crippen molar-refractivity contribution in [2.75, 3.05) is 5.32 Å². The van der Waals surface area contributed by atoms with E-state index < -0.39 is 0 Å². The lowest BCUT2D eigenvalue weighted by Crippen LogP contribution is -2.02. The number of hydrogen-bond acceptors (Lipinski definition) is 7. The summed E-state index contributed by atoms with van der Waals surface area (Å²) in [5, 5.41) is 17.5. The Bertz CT molecular complexity index is 1360. The van der Waals surface area contributed by atoms with Gasteiger partial charge in [-0.05, 0) is 37.5 Å². The van der Waals surface area contributed by atoms with Crippen LogP contribution in [-0.4, -0.2) is 29.9 Å². The van der Waals surface area contributed by atoms with Crippen LogP contribution in [0.15, 0.2) is 36.8 Å². The predicted molar refractivity (Wildman–Crippen MR) is 121 cm³/mol. The fourth-order valence-corrected chi connectivity index (χ4v) is 4.84. The molecule has 4 heterocycles. The zero-order valence-corrected chi connectivity index (χ0v) is 18.1. The first-order valence-corrected chi connectivity index (χ1v) is 10.5. The SMILES string of the molecule is Cc1cnn(C)c1-c1ccc(CNc2ncnc3c2sc2nnc(C)c(C)c23)cc1. The van der Waals surface area contributed by atoms with E-state index in [2.05, 4.69) is 68.7 Å². The summed E-state index contributed by atoms with van der Waals surface area (Å²) in [5.41, 5.74) is 7.64. The van der Waals surface area contributed by atoms with E-state index >= 15 is 0 Å². The van der Waals surface area contributed by atoms with Crippen LogP contribution in [0.2, 0.25) is 0 Å². The van der Waals surface area contributed by atoms with Gasteiger partial charge < -0.3 is 5.32 Å². The molecule has 1 N–H and O–H groups in total. The number of aryl methyl sites for hydroxylation is 4. The topological polar surface area (TPSA) is 81.4 Å². The molecule has 0 amide bonds. The Morgan fingerprint density at radius 2 is 1.83 bits per heavy atom. The van der Waals surface area contributed by atoms with Gasteiger partial charge in [0, 0.05) is 24.5 Å². The lowest BCUT2D eigenvalue weighted by Gasteiger charge is -2.08. The van der Waals surface area contributed by atoms with Crippen LogP contribution < -0.4 is 5.32 Å². The van der Waals surface area contributed by atoms with Crippen molar-refractivity contribution in [3.8, 4) is 11.3 Å². The third kappa shape index (κ3) is 3.00. The van der Waals surface area contributed by atoms with Gasteiger partial charge in [-0.15, -0.1) is 16.4 Å². The average Bonchev–Trinajstić information content (AvgIpc) is 3.30. The number of anilines is 1. The van der Waals surface area contributed by atoms with Gasteiger partial charge in [-0.3, -0.25) is 4.68 Å². The third-order valence-electron chi connectivity index (χ3n) is 5.47. The Morgan fingerprint density at radius 3 is 2.57 bits per heavy atom. The molecule has 0 radical (unpaired) electrons. The van der Waals surface area contributed by atoms with Crippen molar-refractivity contribution in [1.29, 1.82) is 0 Å². The molecule has 4 aromatic heterocycles. The third-order valence-corrected chi connectivity index (χ3v) is 6.54. The highest BCUT2D eigenvalue weighted by Gasteiger charge is 2.16. The van der Waals surface area contributed by atoms with Crippen molar-refractivity contribution in [2.45, 2.75) is 27.3 Å². The van der Waals surface area contributed by atoms with Gasteiger partial charge >= 0.3 is 0 Å². The smallest absolute Gasteiger partial charge is 0.149 e. The summed E-state index contributed by atoms with van der Waals surface area (Å²) >= 11 is 1.58. The lowest BCUT2D eigenvalue weighted by molar-refractivity contribution is 0.775. The van der Waals surface area contributed by atoms with Crippen LogP contribution in [0, 0.1) is 20.8 Å². The molecule has 5 rings (SSSR count). The highest BCUT2D eigenvalue weighted by Crippen LogP contribution is 2.36. The number of nitrogens with one attached hydrogen (secondary N) is 1. The van der Waals surface area contributed by atoms with Gasteiger partial charge in [0.05, 0.1) is 27.8 Å². The summed E-state index contributed by atoms with van der Waals surface area (Å²) in [6.07, 6.45) is 3.50. The van der Waals surface area contributed by atoms with Gasteiger partial charge in [0.25, 0.3) is 0 Å². The molecule has 150 valence electrons. The van der Waals surface area contributed by atoms with Crippen molar-refractivity contribution in [2.24, 2.45) is 7.05 Å². The molecule has 30 heavy (non-hydrogen) atoms. The minimum Gasteiger partial charge on any atom is -0.365 e. The van der Waals surface area contributed by atoms with Crippen LogP contribution in [0.25, 0.3) is 31.7 Å². The Kier molecular flexibility index (Phi) is 4.43. The second-order valence-electron chi connectivity index (χ2n) is 7.44. The first kappa shape index (κ1) is 18.6. The normalized spacial score (nSPS) is 11.5. The molecule has 0 aliphatic heterocycles. The standard InChI is InChI=1S/C22H21N7S/c1-12-9-26-29(4)19(12)16-7-5-15(6-8-16)10-23-21-20-18(24-11-25-21)17-13(2)14(3)27-28-22(17)30-20/h5-9,11H,10H2,1-4H3,(H,23,24,25). The first-order valence-electron chi connectivity index (χ1n) is 9.72. The van der Waals surface area contributed by atoms with Crippen LogP contribution in [0.4, 0.5) is 5.82 Å². The number of hydrogen-bond donors (Lipinski definition) is 1. The summed E-state index contributed by atoms with van der Waals surface area (Å²) in [4.78, 5) is 9.90. The molecular formula is C22H21N7S. The van der Waals surface area contributed by atoms with E-state index in [-0.39, 0.29) is 0 Å². The maximum absolute atomic E-state index is 4.53. The maximum Gasteiger partial charge on any atom is 0.149 e. The van der Waals surface area contributed by atoms with Gasteiger partial charge in [-0.1, -0.05) is 24.3 Å². The molecule has 0 aliphatic carbocycles. The fraction of sp³-hybridized carbons (Fsp3) is 0.227. The summed E-state index contributed by atoms with van der Waals surface area (Å²) < 4.78 is 2.92. The monoisotopic (exact) mass is 415 g/mol. The number of rotatable bonds is 4. The van der Waals surface area contributed by atoms with E-state index in [9.17, 15) is 0 Å². The Hall–Kier alpha value is -3.39. The quantitative estimate of drug-likeness (QED) is 0.463. The van der Waals surface area contributed by atoms with E-state index in [4.69, 9.17) is 0 Å². The van der Waals surface area contributed by atoms with E-state index in [1.165, 1.54) is 11.1 Å². The summed E-state index contributed by atoms with van der Waals surface area (Å²) in [6, 6.07) is 8.55. The average molecular weight is 416 g/mol. The molecule has 0 saturated heterocycles. The molecule has 8 heteroatoms. The van der Waals surface area contributed by atoms with Crippen molar-refractivity contribution in [3.05, 3.63) is 59.2 Å². The maximum atomic E-state index is 4.53. The molecule has 0 bridgehead atoms. The van der Waals surface area contributed by atoms with E-state index in [1.54, 1.807) is 17.7 Å². The highest BCUT2D eigenvalue weighted by molar-refractivity contribution is 7.25. The van der Waals surface area contributed by atoms with Gasteiger partial charge in [-0.25, -0.2) is 9.97 Å². The molecule has 0 unspecified atom stereocenters. The highest BCUT2D eigenvalue weighted by atomic mass is 32.1. The second kappa shape index (κ2) is 7.14. The number of aromatic nitrogens is 6. The number of nitrogens with zero attached hydrogens (tertiary/aromatic N) is 6. The summed E-state index contributed by atoms with van der Waals surface area (Å²) in [7, 11) is 1.97. The molecule has 7 nitrogen and oxygen atoms in total. The molecule has 0 aliphatic rings. The van der Waals surface area contributed by atoms with E-state index in [0.717, 1.165) is 48.8 Å². The van der Waals surface area contributed by atoms with Crippen LogP contribution in [0.3, 0.4) is 0 Å². The molecule has 0 atom stereocenters. The van der Waals surface area contributed by atoms with E-state index in [0.29, 0.717) is 6.54 Å². The van der Waals surface area contributed by atoms with Crippen LogP contribution in [0.5, 0.6) is 0 Å². The van der Waals surface area contributed by atoms with Crippen LogP contribution in [-0.2, 0) is 13.6 Å². The van der Waals surface area contributed by atoms with Gasteiger partial charge in [0.2, 0.25) is 0 Å². The van der Waals surface area contributed by atoms with E-state index in [1.807, 2.05) is 24.9 Å². The molecular weight excluding hydrogens is 394 g/mol. The Morgan fingerprint density at radius 1 is 1.03 bits per heavy atom. The van der Waals surface area contributed by atoms with Crippen LogP contribution in [0.1, 0.15) is 22.4 Å². The zero-order valence-electron chi connectivity index (χ0n) is 17.3. The van der Waals surface area contributed by atoms with Crippen molar-refractivity contribution >= 4 is 37.6 Å². The van der Waals surface area contributed by atoms with Crippen molar-refractivity contribution in [3.63, 3.8) is 0 Å². The predicted octanol–water partition coefficient (Wildman–Crippen LogP) is 4.57. The lowest BCUT2D eigenvalue weighted by atomic mass is 10.1. The van der Waals surface area contributed by atoms with Gasteiger partial charge in [0.15, 0.2) is 0 Å². The Balaban J connectivity index is 1.43. The fourth-order valence-electron chi connectivity index (χ4n) is 3.74.